The Bertz CT molecular complexity index is 1420. The summed E-state index contributed by atoms with van der Waals surface area (Å²) in [6.07, 6.45) is 8.92. The number of fused-ring (bicyclic) bond motifs is 5. The zero-order valence-electron chi connectivity index (χ0n) is 21.2. The van der Waals surface area contributed by atoms with Crippen molar-refractivity contribution >= 4 is 34.8 Å². The molecule has 190 valence electrons. The van der Waals surface area contributed by atoms with E-state index in [2.05, 4.69) is 58.7 Å². The molecule has 2 aromatic carbocycles. The summed E-state index contributed by atoms with van der Waals surface area (Å²) < 4.78 is 8.14. The fourth-order valence-electron chi connectivity index (χ4n) is 5.56. The minimum absolute atomic E-state index is 0.123. The quantitative estimate of drug-likeness (QED) is 0.270. The van der Waals surface area contributed by atoms with E-state index in [4.69, 9.17) is 4.74 Å². The van der Waals surface area contributed by atoms with Crippen LogP contribution in [0.15, 0.2) is 71.8 Å². The number of carbonyl (C=O) groups excluding carboxylic acids is 1. The highest BCUT2D eigenvalue weighted by molar-refractivity contribution is 7.98. The third-order valence-corrected chi connectivity index (χ3v) is 9.38. The lowest BCUT2D eigenvalue weighted by atomic mass is 9.95. The third-order valence-electron chi connectivity index (χ3n) is 7.30. The lowest BCUT2D eigenvalue weighted by Gasteiger charge is -2.31. The van der Waals surface area contributed by atoms with Gasteiger partial charge in [-0.2, -0.15) is 0 Å². The Morgan fingerprint density at radius 1 is 1.05 bits per heavy atom. The third kappa shape index (κ3) is 4.44. The molecule has 4 aromatic rings. The van der Waals surface area contributed by atoms with Crippen LogP contribution in [-0.4, -0.2) is 28.4 Å². The van der Waals surface area contributed by atoms with Crippen LogP contribution >= 0.6 is 23.1 Å². The standard InChI is InChI=1S/C30H31N3O2S2/c1-3-35-26-12-6-5-10-24(26)31-30(34)33-19-23-22-9-4-7-13-27(22)37-29(23)32-18-8-11-25(32)28(33)20-14-16-21(36-2)17-15-20/h5-6,8,10-12,14-18,28H,3-4,7,9,13,19H2,1-2H3,(H,31,34)/t28-/m1/s1. The van der Waals surface area contributed by atoms with E-state index in [-0.39, 0.29) is 12.1 Å². The van der Waals surface area contributed by atoms with E-state index in [1.54, 1.807) is 11.8 Å². The molecule has 1 aliphatic heterocycles. The average Bonchev–Trinajstić information content (AvgIpc) is 3.52. The molecule has 1 N–H and O–H groups in total. The van der Waals surface area contributed by atoms with Gasteiger partial charge in [-0.05, 0) is 86.4 Å². The summed E-state index contributed by atoms with van der Waals surface area (Å²) in [6, 6.07) is 20.2. The molecular formula is C30H31N3O2S2. The number of urea groups is 1. The van der Waals surface area contributed by atoms with Gasteiger partial charge in [0.05, 0.1) is 30.6 Å². The van der Waals surface area contributed by atoms with Gasteiger partial charge in [-0.3, -0.25) is 0 Å². The first kappa shape index (κ1) is 24.2. The van der Waals surface area contributed by atoms with Crippen LogP contribution in [0.2, 0.25) is 0 Å². The number of thioether (sulfide) groups is 1. The van der Waals surface area contributed by atoms with E-state index < -0.39 is 0 Å². The van der Waals surface area contributed by atoms with E-state index >= 15 is 0 Å². The highest BCUT2D eigenvalue weighted by atomic mass is 32.2. The van der Waals surface area contributed by atoms with Crippen LogP contribution in [-0.2, 0) is 19.4 Å². The van der Waals surface area contributed by atoms with Gasteiger partial charge in [-0.15, -0.1) is 23.1 Å². The second-order valence-electron chi connectivity index (χ2n) is 9.46. The maximum Gasteiger partial charge on any atom is 0.323 e. The number of amides is 2. The SMILES string of the molecule is CCOc1ccccc1NC(=O)N1Cc2c(sc3c2CCCC3)-n2cccc2[C@H]1c1ccc(SC)cc1. The number of aromatic nitrogens is 1. The Morgan fingerprint density at radius 3 is 2.68 bits per heavy atom. The lowest BCUT2D eigenvalue weighted by molar-refractivity contribution is 0.194. The number of nitrogens with zero attached hydrogens (tertiary/aromatic N) is 2. The molecule has 0 saturated heterocycles. The van der Waals surface area contributed by atoms with Crippen molar-refractivity contribution in [1.82, 2.24) is 9.47 Å². The van der Waals surface area contributed by atoms with Crippen LogP contribution in [0, 0.1) is 0 Å². The summed E-state index contributed by atoms with van der Waals surface area (Å²) in [7, 11) is 0. The van der Waals surface area contributed by atoms with Gasteiger partial charge in [-0.25, -0.2) is 4.79 Å². The molecule has 0 radical (unpaired) electrons. The summed E-state index contributed by atoms with van der Waals surface area (Å²) in [5, 5.41) is 4.46. The highest BCUT2D eigenvalue weighted by Crippen LogP contribution is 2.44. The van der Waals surface area contributed by atoms with Crippen molar-refractivity contribution in [1.29, 1.82) is 0 Å². The van der Waals surface area contributed by atoms with Crippen LogP contribution in [0.25, 0.3) is 5.00 Å². The molecule has 0 bridgehead atoms. The largest absolute Gasteiger partial charge is 0.492 e. The minimum Gasteiger partial charge on any atom is -0.492 e. The van der Waals surface area contributed by atoms with Crippen LogP contribution in [0.5, 0.6) is 5.75 Å². The molecule has 3 heterocycles. The van der Waals surface area contributed by atoms with E-state index in [9.17, 15) is 4.79 Å². The van der Waals surface area contributed by atoms with Gasteiger partial charge in [0.15, 0.2) is 0 Å². The van der Waals surface area contributed by atoms with E-state index in [1.165, 1.54) is 38.7 Å². The van der Waals surface area contributed by atoms with Crippen LogP contribution in [0.1, 0.15) is 53.1 Å². The molecule has 2 aromatic heterocycles. The molecule has 1 aliphatic carbocycles. The van der Waals surface area contributed by atoms with Gasteiger partial charge >= 0.3 is 6.03 Å². The second kappa shape index (κ2) is 10.3. The predicted molar refractivity (Wildman–Crippen MR) is 153 cm³/mol. The summed E-state index contributed by atoms with van der Waals surface area (Å²) in [4.78, 5) is 18.9. The fourth-order valence-corrected chi connectivity index (χ4v) is 7.37. The molecule has 6 rings (SSSR count). The summed E-state index contributed by atoms with van der Waals surface area (Å²) >= 11 is 3.64. The van der Waals surface area contributed by atoms with Gasteiger partial charge in [0.2, 0.25) is 0 Å². The van der Waals surface area contributed by atoms with Gasteiger partial charge < -0.3 is 19.5 Å². The van der Waals surface area contributed by atoms with Crippen molar-refractivity contribution in [2.45, 2.75) is 50.1 Å². The highest BCUT2D eigenvalue weighted by Gasteiger charge is 2.36. The molecule has 2 aliphatic rings. The van der Waals surface area contributed by atoms with Crippen LogP contribution in [0.4, 0.5) is 10.5 Å². The lowest BCUT2D eigenvalue weighted by Crippen LogP contribution is -2.38. The number of thiophene rings is 1. The Labute approximate surface area is 226 Å². The zero-order chi connectivity index (χ0) is 25.4. The number of anilines is 1. The average molecular weight is 530 g/mol. The Morgan fingerprint density at radius 2 is 1.86 bits per heavy atom. The van der Waals surface area contributed by atoms with Crippen molar-refractivity contribution in [3.63, 3.8) is 0 Å². The number of ether oxygens (including phenoxy) is 1. The first-order valence-corrected chi connectivity index (χ1v) is 15.0. The number of hydrogen-bond acceptors (Lipinski definition) is 4. The molecule has 37 heavy (non-hydrogen) atoms. The number of nitrogens with one attached hydrogen (secondary N) is 1. The number of carbonyl (C=O) groups is 1. The van der Waals surface area contributed by atoms with E-state index in [1.807, 2.05) is 47.4 Å². The molecule has 0 fully saturated rings. The van der Waals surface area contributed by atoms with Crippen molar-refractivity contribution in [2.75, 3.05) is 18.2 Å². The van der Waals surface area contributed by atoms with E-state index in [0.717, 1.165) is 24.1 Å². The summed E-state index contributed by atoms with van der Waals surface area (Å²) in [6.45, 7) is 3.07. The Hall–Kier alpha value is -3.16. The Kier molecular flexibility index (Phi) is 6.74. The Balaban J connectivity index is 1.47. The zero-order valence-corrected chi connectivity index (χ0v) is 22.8. The van der Waals surface area contributed by atoms with Gasteiger partial charge in [0.25, 0.3) is 0 Å². The molecule has 0 saturated carbocycles. The maximum absolute atomic E-state index is 14.2. The number of para-hydroxylation sites is 2. The number of benzene rings is 2. The topological polar surface area (TPSA) is 46.5 Å². The molecule has 5 nitrogen and oxygen atoms in total. The molecule has 0 spiro atoms. The molecule has 1 atom stereocenters. The molecule has 0 unspecified atom stereocenters. The number of hydrogen-bond donors (Lipinski definition) is 1. The van der Waals surface area contributed by atoms with Gasteiger partial charge in [0.1, 0.15) is 10.8 Å². The van der Waals surface area contributed by atoms with Crippen molar-refractivity contribution in [2.24, 2.45) is 0 Å². The second-order valence-corrected chi connectivity index (χ2v) is 11.4. The molecule has 7 heteroatoms. The van der Waals surface area contributed by atoms with Crippen molar-refractivity contribution in [3.8, 4) is 10.8 Å². The number of aryl methyl sites for hydroxylation is 1. The first-order chi connectivity index (χ1) is 18.2. The predicted octanol–water partition coefficient (Wildman–Crippen LogP) is 7.68. The number of rotatable bonds is 5. The fraction of sp³-hybridized carbons (Fsp3) is 0.300. The van der Waals surface area contributed by atoms with Gasteiger partial charge in [-0.1, -0.05) is 24.3 Å². The summed E-state index contributed by atoms with van der Waals surface area (Å²) in [5.74, 6) is 0.686. The van der Waals surface area contributed by atoms with Crippen molar-refractivity contribution in [3.05, 3.63) is 94.1 Å². The molecule has 2 amide bonds. The summed E-state index contributed by atoms with van der Waals surface area (Å²) in [5.41, 5.74) is 5.67. The van der Waals surface area contributed by atoms with Crippen molar-refractivity contribution < 1.29 is 9.53 Å². The van der Waals surface area contributed by atoms with Crippen LogP contribution in [0.3, 0.4) is 0 Å². The maximum atomic E-state index is 14.2. The van der Waals surface area contributed by atoms with E-state index in [0.29, 0.717) is 24.6 Å². The van der Waals surface area contributed by atoms with Gasteiger partial charge in [0, 0.05) is 21.5 Å². The first-order valence-electron chi connectivity index (χ1n) is 12.9. The molecular weight excluding hydrogens is 498 g/mol. The van der Waals surface area contributed by atoms with Crippen LogP contribution < -0.4 is 10.1 Å². The normalized spacial score (nSPS) is 16.4. The minimum atomic E-state index is -0.219. The smallest absolute Gasteiger partial charge is 0.323 e. The monoisotopic (exact) mass is 529 g/mol.